The van der Waals surface area contributed by atoms with Gasteiger partial charge in [0.05, 0.1) is 21.2 Å². The Morgan fingerprint density at radius 3 is 3.00 bits per heavy atom. The molecule has 5 nitrogen and oxygen atoms in total. The number of aromatic nitrogens is 4. The lowest BCUT2D eigenvalue weighted by atomic mass is 10.3. The molecule has 0 radical (unpaired) electrons. The maximum absolute atomic E-state index is 6.08. The Hall–Kier alpha value is -0.980. The number of nitrogens with zero attached hydrogens (tertiary/aromatic N) is 4. The van der Waals surface area contributed by atoms with Gasteiger partial charge >= 0.3 is 0 Å². The van der Waals surface area contributed by atoms with Gasteiger partial charge in [0.1, 0.15) is 0 Å². The first-order chi connectivity index (χ1) is 8.65. The van der Waals surface area contributed by atoms with Crippen LogP contribution in [-0.4, -0.2) is 26.8 Å². The van der Waals surface area contributed by atoms with E-state index in [0.717, 1.165) is 22.5 Å². The molecule has 0 aliphatic carbocycles. The van der Waals surface area contributed by atoms with E-state index in [1.54, 1.807) is 4.68 Å². The summed E-state index contributed by atoms with van der Waals surface area (Å²) in [7, 11) is 0. The number of halogens is 2. The Kier molecular flexibility index (Phi) is 4.31. The molecule has 0 fully saturated rings. The predicted molar refractivity (Wildman–Crippen MR) is 74.0 cm³/mol. The molecule has 0 amide bonds. The van der Waals surface area contributed by atoms with Crippen molar-refractivity contribution >= 4 is 27.5 Å². The molecule has 0 spiro atoms. The van der Waals surface area contributed by atoms with Gasteiger partial charge in [0.15, 0.2) is 5.82 Å². The first-order valence-electron chi connectivity index (χ1n) is 5.61. The summed E-state index contributed by atoms with van der Waals surface area (Å²) in [6.45, 7) is 4.91. The van der Waals surface area contributed by atoms with E-state index >= 15 is 0 Å². The van der Waals surface area contributed by atoms with Crippen LogP contribution in [0.4, 0.5) is 0 Å². The third kappa shape index (κ3) is 2.55. The SMILES string of the molecule is CCNC(C)c1nnnn1-c1cccc(Cl)c1Br. The Morgan fingerprint density at radius 2 is 2.28 bits per heavy atom. The second-order valence-electron chi connectivity index (χ2n) is 3.80. The molecule has 0 saturated heterocycles. The zero-order chi connectivity index (χ0) is 13.1. The molecule has 1 aromatic carbocycles. The molecule has 0 saturated carbocycles. The smallest absolute Gasteiger partial charge is 0.173 e. The second kappa shape index (κ2) is 5.77. The third-order valence-electron chi connectivity index (χ3n) is 2.55. The summed E-state index contributed by atoms with van der Waals surface area (Å²) in [5.41, 5.74) is 0.826. The lowest BCUT2D eigenvalue weighted by Crippen LogP contribution is -2.21. The molecule has 18 heavy (non-hydrogen) atoms. The highest BCUT2D eigenvalue weighted by molar-refractivity contribution is 9.10. The van der Waals surface area contributed by atoms with Crippen LogP contribution in [0.5, 0.6) is 0 Å². The van der Waals surface area contributed by atoms with Crippen molar-refractivity contribution in [2.24, 2.45) is 0 Å². The van der Waals surface area contributed by atoms with Crippen LogP contribution < -0.4 is 5.32 Å². The number of tetrazole rings is 1. The average molecular weight is 331 g/mol. The number of nitrogens with one attached hydrogen (secondary N) is 1. The van der Waals surface area contributed by atoms with E-state index in [9.17, 15) is 0 Å². The first kappa shape index (κ1) is 13.5. The van der Waals surface area contributed by atoms with Gasteiger partial charge in [0, 0.05) is 0 Å². The van der Waals surface area contributed by atoms with Gasteiger partial charge in [-0.2, -0.15) is 4.68 Å². The zero-order valence-corrected chi connectivity index (χ0v) is 12.4. The average Bonchev–Trinajstić information content (AvgIpc) is 2.82. The standard InChI is InChI=1S/C11H13BrClN5/c1-3-14-7(2)11-15-16-17-18(11)9-6-4-5-8(13)10(9)12/h4-7,14H,3H2,1-2H3. The van der Waals surface area contributed by atoms with Crippen LogP contribution in [0.15, 0.2) is 22.7 Å². The summed E-state index contributed by atoms with van der Waals surface area (Å²) in [4.78, 5) is 0. The van der Waals surface area contributed by atoms with Crippen LogP contribution in [0.2, 0.25) is 5.02 Å². The van der Waals surface area contributed by atoms with Crippen LogP contribution in [0, 0.1) is 0 Å². The highest BCUT2D eigenvalue weighted by Gasteiger charge is 2.17. The monoisotopic (exact) mass is 329 g/mol. The minimum absolute atomic E-state index is 0.0656. The second-order valence-corrected chi connectivity index (χ2v) is 5.00. The fourth-order valence-corrected chi connectivity index (χ4v) is 2.29. The van der Waals surface area contributed by atoms with Crippen LogP contribution in [0.1, 0.15) is 25.7 Å². The molecular weight excluding hydrogens is 318 g/mol. The van der Waals surface area contributed by atoms with Crippen molar-refractivity contribution in [3.8, 4) is 5.69 Å². The molecule has 7 heteroatoms. The molecule has 2 aromatic rings. The van der Waals surface area contributed by atoms with E-state index < -0.39 is 0 Å². The fraction of sp³-hybridized carbons (Fsp3) is 0.364. The van der Waals surface area contributed by atoms with Gasteiger partial charge in [-0.1, -0.05) is 24.6 Å². The summed E-state index contributed by atoms with van der Waals surface area (Å²) in [5, 5.41) is 15.7. The van der Waals surface area contributed by atoms with Gasteiger partial charge in [-0.15, -0.1) is 5.10 Å². The van der Waals surface area contributed by atoms with Crippen molar-refractivity contribution in [1.29, 1.82) is 0 Å². The van der Waals surface area contributed by atoms with E-state index in [1.165, 1.54) is 0 Å². The number of benzene rings is 1. The maximum atomic E-state index is 6.08. The van der Waals surface area contributed by atoms with E-state index in [4.69, 9.17) is 11.6 Å². The van der Waals surface area contributed by atoms with E-state index in [2.05, 4.69) is 36.8 Å². The van der Waals surface area contributed by atoms with Crippen molar-refractivity contribution in [2.75, 3.05) is 6.54 Å². The first-order valence-corrected chi connectivity index (χ1v) is 6.78. The van der Waals surface area contributed by atoms with Crippen LogP contribution in [-0.2, 0) is 0 Å². The Labute approximate surface area is 119 Å². The van der Waals surface area contributed by atoms with Crippen molar-refractivity contribution in [1.82, 2.24) is 25.5 Å². The molecule has 1 unspecified atom stereocenters. The summed E-state index contributed by atoms with van der Waals surface area (Å²) in [6, 6.07) is 5.66. The highest BCUT2D eigenvalue weighted by Crippen LogP contribution is 2.29. The van der Waals surface area contributed by atoms with E-state index in [-0.39, 0.29) is 6.04 Å². The fourth-order valence-electron chi connectivity index (χ4n) is 1.69. The molecule has 0 aliphatic heterocycles. The molecule has 96 valence electrons. The van der Waals surface area contributed by atoms with Crippen molar-refractivity contribution in [2.45, 2.75) is 19.9 Å². The topological polar surface area (TPSA) is 55.6 Å². The van der Waals surface area contributed by atoms with Gasteiger partial charge in [0.2, 0.25) is 0 Å². The van der Waals surface area contributed by atoms with Crippen LogP contribution in [0.25, 0.3) is 5.69 Å². The number of hydrogen-bond acceptors (Lipinski definition) is 4. The normalized spacial score (nSPS) is 12.7. The molecule has 1 N–H and O–H groups in total. The van der Waals surface area contributed by atoms with Gasteiger partial charge in [-0.05, 0) is 52.0 Å². The van der Waals surface area contributed by atoms with Crippen molar-refractivity contribution in [3.05, 3.63) is 33.5 Å². The largest absolute Gasteiger partial charge is 0.308 e. The van der Waals surface area contributed by atoms with Gasteiger partial charge in [0.25, 0.3) is 0 Å². The lowest BCUT2D eigenvalue weighted by molar-refractivity contribution is 0.550. The van der Waals surface area contributed by atoms with Crippen LogP contribution in [0.3, 0.4) is 0 Å². The zero-order valence-electron chi connectivity index (χ0n) is 10.1. The van der Waals surface area contributed by atoms with Crippen molar-refractivity contribution in [3.63, 3.8) is 0 Å². The molecule has 2 rings (SSSR count). The summed E-state index contributed by atoms with van der Waals surface area (Å²) in [6.07, 6.45) is 0. The molecule has 1 aromatic heterocycles. The molecular formula is C11H13BrClN5. The number of rotatable bonds is 4. The van der Waals surface area contributed by atoms with Gasteiger partial charge in [-0.25, -0.2) is 0 Å². The Bertz CT molecular complexity index is 542. The predicted octanol–water partition coefficient (Wildman–Crippen LogP) is 2.75. The summed E-state index contributed by atoms with van der Waals surface area (Å²) in [5.74, 6) is 0.750. The molecule has 1 atom stereocenters. The number of hydrogen-bond donors (Lipinski definition) is 1. The molecule has 0 aliphatic rings. The lowest BCUT2D eigenvalue weighted by Gasteiger charge is -2.13. The molecule has 0 bridgehead atoms. The van der Waals surface area contributed by atoms with Crippen molar-refractivity contribution < 1.29 is 0 Å². The quantitative estimate of drug-likeness (QED) is 0.936. The Morgan fingerprint density at radius 1 is 1.50 bits per heavy atom. The summed E-state index contributed by atoms with van der Waals surface area (Å²) >= 11 is 9.53. The van der Waals surface area contributed by atoms with E-state index in [1.807, 2.05) is 32.0 Å². The minimum atomic E-state index is 0.0656. The van der Waals surface area contributed by atoms with E-state index in [0.29, 0.717) is 5.02 Å². The van der Waals surface area contributed by atoms with Gasteiger partial charge < -0.3 is 5.32 Å². The minimum Gasteiger partial charge on any atom is -0.308 e. The molecule has 1 heterocycles. The third-order valence-corrected chi connectivity index (χ3v) is 3.93. The van der Waals surface area contributed by atoms with Crippen LogP contribution >= 0.6 is 27.5 Å². The maximum Gasteiger partial charge on any atom is 0.173 e. The van der Waals surface area contributed by atoms with Gasteiger partial charge in [-0.3, -0.25) is 0 Å². The Balaban J connectivity index is 2.45. The highest BCUT2D eigenvalue weighted by atomic mass is 79.9. The summed E-state index contributed by atoms with van der Waals surface area (Å²) < 4.78 is 2.47.